The van der Waals surface area contributed by atoms with Crippen LogP contribution >= 0.6 is 11.8 Å². The maximum Gasteiger partial charge on any atom is 0.276 e. The highest BCUT2D eigenvalue weighted by Gasteiger charge is 2.29. The number of pyridine rings is 1. The van der Waals surface area contributed by atoms with Crippen LogP contribution < -0.4 is 0 Å². The van der Waals surface area contributed by atoms with Gasteiger partial charge in [0.2, 0.25) is 5.89 Å². The molecule has 4 rings (SSSR count). The first-order valence-electron chi connectivity index (χ1n) is 8.07. The average molecular weight is 375 g/mol. The second-order valence-electron chi connectivity index (χ2n) is 6.22. The normalized spacial score (nSPS) is 19.4. The third-order valence-corrected chi connectivity index (χ3v) is 7.01. The van der Waals surface area contributed by atoms with Gasteiger partial charge < -0.3 is 4.42 Å². The minimum Gasteiger partial charge on any atom is -0.416 e. The summed E-state index contributed by atoms with van der Waals surface area (Å²) < 4.78 is 28.7. The van der Waals surface area contributed by atoms with Gasteiger partial charge in [-0.15, -0.1) is 10.2 Å². The molecule has 1 aromatic carbocycles. The quantitative estimate of drug-likeness (QED) is 0.634. The van der Waals surface area contributed by atoms with E-state index in [0.29, 0.717) is 29.7 Å². The molecule has 130 valence electrons. The van der Waals surface area contributed by atoms with Gasteiger partial charge in [-0.3, -0.25) is 4.98 Å². The fourth-order valence-electron chi connectivity index (χ4n) is 3.08. The molecule has 0 unspecified atom stereocenters. The molecule has 1 fully saturated rings. The number of sulfone groups is 1. The molecular weight excluding hydrogens is 358 g/mol. The Balaban J connectivity index is 1.41. The highest BCUT2D eigenvalue weighted by atomic mass is 32.2. The van der Waals surface area contributed by atoms with Gasteiger partial charge in [-0.05, 0) is 24.0 Å². The van der Waals surface area contributed by atoms with Crippen LogP contribution in [0.25, 0.3) is 10.9 Å². The van der Waals surface area contributed by atoms with Gasteiger partial charge in [-0.1, -0.05) is 36.0 Å². The van der Waals surface area contributed by atoms with E-state index in [2.05, 4.69) is 15.2 Å². The summed E-state index contributed by atoms with van der Waals surface area (Å²) in [7, 11) is -2.88. The fraction of sp³-hybridized carbons (Fsp3) is 0.353. The summed E-state index contributed by atoms with van der Waals surface area (Å²) in [5.41, 5.74) is 2.10. The molecule has 3 heterocycles. The van der Waals surface area contributed by atoms with E-state index in [1.807, 2.05) is 30.3 Å². The molecule has 0 saturated carbocycles. The molecule has 0 amide bonds. The standard InChI is InChI=1S/C17H17N3O3S2/c21-25(22)8-6-12(11-25)9-15-19-20-17(23-15)24-10-14-4-1-3-13-5-2-7-18-16(13)14/h1-5,7,12H,6,8-11H2/t12-/m0/s1. The monoisotopic (exact) mass is 375 g/mol. The van der Waals surface area contributed by atoms with Crippen LogP contribution in [0.1, 0.15) is 17.9 Å². The van der Waals surface area contributed by atoms with Crippen LogP contribution in [0.5, 0.6) is 0 Å². The smallest absolute Gasteiger partial charge is 0.276 e. The van der Waals surface area contributed by atoms with Crippen LogP contribution in [0.15, 0.2) is 46.2 Å². The third kappa shape index (κ3) is 3.85. The van der Waals surface area contributed by atoms with E-state index in [1.54, 1.807) is 6.20 Å². The SMILES string of the molecule is O=S1(=O)CC[C@@H](Cc2nnc(SCc3cccc4cccnc34)o2)C1. The molecule has 3 aromatic rings. The molecule has 8 heteroatoms. The number of aromatic nitrogens is 3. The second-order valence-corrected chi connectivity index (χ2v) is 9.37. The summed E-state index contributed by atoms with van der Waals surface area (Å²) in [6, 6.07) is 10.1. The number of thioether (sulfide) groups is 1. The van der Waals surface area contributed by atoms with Crippen molar-refractivity contribution in [1.82, 2.24) is 15.2 Å². The highest BCUT2D eigenvalue weighted by molar-refractivity contribution is 7.98. The Kier molecular flexibility index (Phi) is 4.47. The maximum atomic E-state index is 11.5. The molecule has 2 aromatic heterocycles. The van der Waals surface area contributed by atoms with Gasteiger partial charge in [0.25, 0.3) is 5.22 Å². The fourth-order valence-corrected chi connectivity index (χ4v) is 5.71. The molecule has 25 heavy (non-hydrogen) atoms. The molecule has 1 aliphatic rings. The molecule has 0 bridgehead atoms. The summed E-state index contributed by atoms with van der Waals surface area (Å²) in [5, 5.41) is 9.73. The van der Waals surface area contributed by atoms with Crippen molar-refractivity contribution < 1.29 is 12.8 Å². The first-order valence-corrected chi connectivity index (χ1v) is 10.9. The van der Waals surface area contributed by atoms with E-state index >= 15 is 0 Å². The van der Waals surface area contributed by atoms with Gasteiger partial charge in [-0.25, -0.2) is 8.42 Å². The van der Waals surface area contributed by atoms with E-state index in [0.717, 1.165) is 16.5 Å². The molecule has 1 aliphatic heterocycles. The largest absolute Gasteiger partial charge is 0.416 e. The molecule has 6 nitrogen and oxygen atoms in total. The van der Waals surface area contributed by atoms with Gasteiger partial charge in [0.1, 0.15) is 0 Å². The van der Waals surface area contributed by atoms with Crippen molar-refractivity contribution in [3.8, 4) is 0 Å². The molecule has 0 aliphatic carbocycles. The lowest BCUT2D eigenvalue weighted by Gasteiger charge is -2.03. The lowest BCUT2D eigenvalue weighted by molar-refractivity contribution is 0.389. The van der Waals surface area contributed by atoms with Crippen LogP contribution in [0.2, 0.25) is 0 Å². The summed E-state index contributed by atoms with van der Waals surface area (Å²) >= 11 is 1.47. The lowest BCUT2D eigenvalue weighted by Crippen LogP contribution is -2.07. The predicted octanol–water partition coefficient (Wildman–Crippen LogP) is 2.89. The number of nitrogens with zero attached hydrogens (tertiary/aromatic N) is 3. The van der Waals surface area contributed by atoms with Gasteiger partial charge in [0, 0.05) is 23.8 Å². The average Bonchev–Trinajstić information content (AvgIpc) is 3.19. The first-order chi connectivity index (χ1) is 12.1. The Bertz CT molecular complexity index is 996. The Labute approximate surface area is 150 Å². The van der Waals surface area contributed by atoms with E-state index in [9.17, 15) is 8.42 Å². The summed E-state index contributed by atoms with van der Waals surface area (Å²) in [5.74, 6) is 1.78. The zero-order valence-electron chi connectivity index (χ0n) is 13.5. The van der Waals surface area contributed by atoms with Crippen molar-refractivity contribution >= 4 is 32.5 Å². The zero-order valence-corrected chi connectivity index (χ0v) is 15.1. The van der Waals surface area contributed by atoms with Crippen molar-refractivity contribution in [2.75, 3.05) is 11.5 Å². The van der Waals surface area contributed by atoms with Crippen LogP contribution in [0.4, 0.5) is 0 Å². The van der Waals surface area contributed by atoms with Crippen LogP contribution in [0, 0.1) is 5.92 Å². The highest BCUT2D eigenvalue weighted by Crippen LogP contribution is 2.27. The van der Waals surface area contributed by atoms with Gasteiger partial charge >= 0.3 is 0 Å². The van der Waals surface area contributed by atoms with E-state index in [1.165, 1.54) is 11.8 Å². The number of benzene rings is 1. The van der Waals surface area contributed by atoms with Crippen LogP contribution in [0.3, 0.4) is 0 Å². The van der Waals surface area contributed by atoms with Crippen LogP contribution in [-0.2, 0) is 22.0 Å². The second kappa shape index (κ2) is 6.76. The molecular formula is C17H17N3O3S2. The van der Waals surface area contributed by atoms with Gasteiger partial charge in [0.15, 0.2) is 9.84 Å². The maximum absolute atomic E-state index is 11.5. The van der Waals surface area contributed by atoms with Crippen LogP contribution in [-0.4, -0.2) is 35.1 Å². The first kappa shape index (κ1) is 16.5. The Morgan fingerprint density at radius 2 is 2.08 bits per heavy atom. The number of para-hydroxylation sites is 1. The lowest BCUT2D eigenvalue weighted by atomic mass is 10.1. The summed E-state index contributed by atoms with van der Waals surface area (Å²) in [4.78, 5) is 4.44. The van der Waals surface area contributed by atoms with Gasteiger partial charge in [-0.2, -0.15) is 0 Å². The van der Waals surface area contributed by atoms with E-state index < -0.39 is 9.84 Å². The Morgan fingerprint density at radius 1 is 1.20 bits per heavy atom. The van der Waals surface area contributed by atoms with E-state index in [-0.39, 0.29) is 17.4 Å². The number of hydrogen-bond donors (Lipinski definition) is 0. The summed E-state index contributed by atoms with van der Waals surface area (Å²) in [6.07, 6.45) is 2.99. The third-order valence-electron chi connectivity index (χ3n) is 4.31. The van der Waals surface area contributed by atoms with E-state index in [4.69, 9.17) is 4.42 Å². The topological polar surface area (TPSA) is 86.0 Å². The number of fused-ring (bicyclic) bond motifs is 1. The molecule has 0 radical (unpaired) electrons. The number of hydrogen-bond acceptors (Lipinski definition) is 7. The Morgan fingerprint density at radius 3 is 2.92 bits per heavy atom. The minimum absolute atomic E-state index is 0.0885. The number of rotatable bonds is 5. The Hall–Kier alpha value is -1.93. The van der Waals surface area contributed by atoms with Crippen molar-refractivity contribution in [1.29, 1.82) is 0 Å². The van der Waals surface area contributed by atoms with Crippen molar-refractivity contribution in [2.45, 2.75) is 23.8 Å². The van der Waals surface area contributed by atoms with Crippen molar-refractivity contribution in [2.24, 2.45) is 5.92 Å². The zero-order chi connectivity index (χ0) is 17.3. The van der Waals surface area contributed by atoms with Crippen molar-refractivity contribution in [3.05, 3.63) is 48.0 Å². The minimum atomic E-state index is -2.88. The summed E-state index contributed by atoms with van der Waals surface area (Å²) in [6.45, 7) is 0. The molecule has 1 atom stereocenters. The van der Waals surface area contributed by atoms with Crippen molar-refractivity contribution in [3.63, 3.8) is 0 Å². The van der Waals surface area contributed by atoms with Gasteiger partial charge in [0.05, 0.1) is 17.0 Å². The molecule has 1 saturated heterocycles. The molecule has 0 N–H and O–H groups in total. The molecule has 0 spiro atoms. The predicted molar refractivity (Wildman–Crippen MR) is 96.1 cm³/mol.